The van der Waals surface area contributed by atoms with Crippen LogP contribution < -0.4 is 26.3 Å². The third kappa shape index (κ3) is 3.29. The number of hydrogen-bond donors (Lipinski definition) is 2. The highest BCUT2D eigenvalue weighted by Gasteiger charge is 2.21. The molecule has 1 aromatic carbocycles. The molecule has 1 aliphatic rings. The second-order valence-corrected chi connectivity index (χ2v) is 8.57. The number of fused-ring (bicyclic) bond motifs is 3. The standard InChI is InChI=1S/C27H24N6O/c1-18-14-24(30-29-18)28-26-25(19-8-4-3-5-9-19)23(17-31(2)27(26)34)32-13-11-22-20(16-32)15-21-10-6-7-12-33(21)22/h3-12,14-17H,13H2,1-2H3,(H2,28,29,30). The summed E-state index contributed by atoms with van der Waals surface area (Å²) in [5, 5.41) is 12.9. The summed E-state index contributed by atoms with van der Waals surface area (Å²) in [5.74, 6) is 0.610. The first kappa shape index (κ1) is 20.1. The fourth-order valence-electron chi connectivity index (χ4n) is 4.62. The Balaban J connectivity index is 1.58. The zero-order chi connectivity index (χ0) is 23.2. The van der Waals surface area contributed by atoms with Gasteiger partial charge >= 0.3 is 0 Å². The van der Waals surface area contributed by atoms with Crippen LogP contribution in [0.2, 0.25) is 0 Å². The van der Waals surface area contributed by atoms with E-state index in [2.05, 4.69) is 55.4 Å². The molecule has 1 aliphatic heterocycles. The van der Waals surface area contributed by atoms with Gasteiger partial charge in [0.05, 0.1) is 11.0 Å². The lowest BCUT2D eigenvalue weighted by atomic mass is 10.0. The van der Waals surface area contributed by atoms with E-state index in [9.17, 15) is 4.79 Å². The summed E-state index contributed by atoms with van der Waals surface area (Å²) in [6.07, 6.45) is 8.39. The molecule has 168 valence electrons. The molecule has 4 aromatic heterocycles. The maximum absolute atomic E-state index is 13.3. The van der Waals surface area contributed by atoms with Crippen molar-refractivity contribution in [3.8, 4) is 11.1 Å². The maximum atomic E-state index is 13.3. The summed E-state index contributed by atoms with van der Waals surface area (Å²) in [7, 11) is 1.79. The normalized spacial score (nSPS) is 12.8. The van der Waals surface area contributed by atoms with Gasteiger partial charge < -0.3 is 19.2 Å². The van der Waals surface area contributed by atoms with Crippen molar-refractivity contribution in [3.63, 3.8) is 0 Å². The average molecular weight is 449 g/mol. The Labute approximate surface area is 195 Å². The average Bonchev–Trinajstić information content (AvgIpc) is 3.44. The van der Waals surface area contributed by atoms with Gasteiger partial charge in [0.25, 0.3) is 5.56 Å². The quantitative estimate of drug-likeness (QED) is 0.443. The number of pyridine rings is 2. The van der Waals surface area contributed by atoms with Crippen molar-refractivity contribution in [1.29, 1.82) is 0 Å². The minimum atomic E-state index is -0.112. The molecule has 7 nitrogen and oxygen atoms in total. The van der Waals surface area contributed by atoms with Crippen LogP contribution in [0.25, 0.3) is 28.9 Å². The molecule has 0 amide bonds. The van der Waals surface area contributed by atoms with Gasteiger partial charge in [-0.05, 0) is 36.8 Å². The highest BCUT2D eigenvalue weighted by atomic mass is 16.1. The second-order valence-electron chi connectivity index (χ2n) is 8.57. The molecule has 5 aromatic rings. The molecule has 5 heterocycles. The number of aryl methyl sites for hydroxylation is 2. The van der Waals surface area contributed by atoms with E-state index in [4.69, 9.17) is 0 Å². The van der Waals surface area contributed by atoms with Crippen LogP contribution in [0, 0.1) is 6.92 Å². The summed E-state index contributed by atoms with van der Waals surface area (Å²) in [5.41, 5.74) is 5.22. The van der Waals surface area contributed by atoms with E-state index in [0.717, 1.165) is 33.2 Å². The SMILES string of the molecule is Cc1cc(Nc2c(-c3ccccc3)c(N3C=c4cc5ccccn5c4=CC3)cn(C)c2=O)n[nH]1. The van der Waals surface area contributed by atoms with Gasteiger partial charge in [0.15, 0.2) is 5.82 Å². The fourth-order valence-corrected chi connectivity index (χ4v) is 4.62. The van der Waals surface area contributed by atoms with Gasteiger partial charge in [-0.15, -0.1) is 0 Å². The van der Waals surface area contributed by atoms with E-state index in [-0.39, 0.29) is 5.56 Å². The topological polar surface area (TPSA) is 70.4 Å². The smallest absolute Gasteiger partial charge is 0.274 e. The number of rotatable bonds is 4. The van der Waals surface area contributed by atoms with E-state index < -0.39 is 0 Å². The highest BCUT2D eigenvalue weighted by Crippen LogP contribution is 2.37. The Hall–Kier alpha value is -4.52. The minimum Gasteiger partial charge on any atom is -0.342 e. The molecule has 0 spiro atoms. The second kappa shape index (κ2) is 7.81. The van der Waals surface area contributed by atoms with Gasteiger partial charge in [0.2, 0.25) is 0 Å². The molecular weight excluding hydrogens is 424 g/mol. The van der Waals surface area contributed by atoms with Crippen molar-refractivity contribution in [2.75, 3.05) is 16.8 Å². The van der Waals surface area contributed by atoms with E-state index in [0.29, 0.717) is 18.1 Å². The summed E-state index contributed by atoms with van der Waals surface area (Å²) in [6.45, 7) is 2.62. The van der Waals surface area contributed by atoms with Crippen molar-refractivity contribution >= 4 is 35.0 Å². The number of H-pyrrole nitrogens is 1. The number of nitrogens with zero attached hydrogens (tertiary/aromatic N) is 4. The van der Waals surface area contributed by atoms with Crippen LogP contribution in [0.4, 0.5) is 17.2 Å². The lowest BCUT2D eigenvalue weighted by Crippen LogP contribution is -2.36. The number of anilines is 3. The monoisotopic (exact) mass is 448 g/mol. The molecule has 7 heteroatoms. The summed E-state index contributed by atoms with van der Waals surface area (Å²) >= 11 is 0. The molecule has 0 unspecified atom stereocenters. The van der Waals surface area contributed by atoms with Crippen LogP contribution in [-0.4, -0.2) is 25.7 Å². The van der Waals surface area contributed by atoms with Crippen molar-refractivity contribution in [2.24, 2.45) is 7.05 Å². The number of nitrogens with one attached hydrogen (secondary N) is 2. The Kier molecular flexibility index (Phi) is 4.62. The first-order chi connectivity index (χ1) is 16.6. The van der Waals surface area contributed by atoms with E-state index in [1.54, 1.807) is 11.6 Å². The van der Waals surface area contributed by atoms with Gasteiger partial charge in [-0.1, -0.05) is 36.4 Å². The highest BCUT2D eigenvalue weighted by molar-refractivity contribution is 5.92. The van der Waals surface area contributed by atoms with E-state index in [1.165, 1.54) is 5.35 Å². The Morgan fingerprint density at radius 3 is 2.68 bits per heavy atom. The first-order valence-corrected chi connectivity index (χ1v) is 11.2. The van der Waals surface area contributed by atoms with Crippen molar-refractivity contribution in [2.45, 2.75) is 6.92 Å². The number of benzene rings is 1. The summed E-state index contributed by atoms with van der Waals surface area (Å²) in [4.78, 5) is 15.5. The van der Waals surface area contributed by atoms with Crippen LogP contribution in [-0.2, 0) is 7.05 Å². The summed E-state index contributed by atoms with van der Waals surface area (Å²) < 4.78 is 3.83. The number of aromatic nitrogens is 4. The molecule has 0 saturated carbocycles. The molecule has 2 N–H and O–H groups in total. The Morgan fingerprint density at radius 1 is 1.06 bits per heavy atom. The molecule has 6 rings (SSSR count). The third-order valence-corrected chi connectivity index (χ3v) is 6.21. The van der Waals surface area contributed by atoms with E-state index in [1.807, 2.05) is 61.7 Å². The number of hydrogen-bond acceptors (Lipinski definition) is 4. The van der Waals surface area contributed by atoms with Crippen LogP contribution >= 0.6 is 0 Å². The third-order valence-electron chi connectivity index (χ3n) is 6.21. The van der Waals surface area contributed by atoms with Crippen molar-refractivity contribution in [3.05, 3.63) is 99.7 Å². The predicted molar refractivity (Wildman–Crippen MR) is 137 cm³/mol. The van der Waals surface area contributed by atoms with Gasteiger partial charge in [0.1, 0.15) is 5.69 Å². The van der Waals surface area contributed by atoms with Crippen LogP contribution in [0.15, 0.2) is 77.9 Å². The molecule has 0 saturated heterocycles. The zero-order valence-electron chi connectivity index (χ0n) is 19.0. The van der Waals surface area contributed by atoms with Crippen LogP contribution in [0.5, 0.6) is 0 Å². The molecule has 0 bridgehead atoms. The lowest BCUT2D eigenvalue weighted by Gasteiger charge is -2.26. The zero-order valence-corrected chi connectivity index (χ0v) is 19.0. The first-order valence-electron chi connectivity index (χ1n) is 11.2. The molecule has 0 aliphatic carbocycles. The minimum absolute atomic E-state index is 0.112. The van der Waals surface area contributed by atoms with Gasteiger partial charge in [0, 0.05) is 60.2 Å². The fraction of sp³-hybridized carbons (Fsp3) is 0.111. The predicted octanol–water partition coefficient (Wildman–Crippen LogP) is 3.12. The largest absolute Gasteiger partial charge is 0.342 e. The molecule has 0 atom stereocenters. The van der Waals surface area contributed by atoms with Gasteiger partial charge in [-0.3, -0.25) is 9.89 Å². The molecule has 34 heavy (non-hydrogen) atoms. The Morgan fingerprint density at radius 2 is 1.88 bits per heavy atom. The van der Waals surface area contributed by atoms with Crippen molar-refractivity contribution in [1.82, 2.24) is 19.2 Å². The maximum Gasteiger partial charge on any atom is 0.274 e. The lowest BCUT2D eigenvalue weighted by molar-refractivity contribution is 0.859. The Bertz CT molecular complexity index is 1710. The van der Waals surface area contributed by atoms with Crippen LogP contribution in [0.1, 0.15) is 5.69 Å². The molecule has 0 fully saturated rings. The molecule has 0 radical (unpaired) electrons. The van der Waals surface area contributed by atoms with Crippen molar-refractivity contribution < 1.29 is 0 Å². The summed E-state index contributed by atoms with van der Waals surface area (Å²) in [6, 6.07) is 20.3. The van der Waals surface area contributed by atoms with Gasteiger partial charge in [-0.25, -0.2) is 0 Å². The van der Waals surface area contributed by atoms with E-state index >= 15 is 0 Å². The van der Waals surface area contributed by atoms with Crippen LogP contribution in [0.3, 0.4) is 0 Å². The van der Waals surface area contributed by atoms with Gasteiger partial charge in [-0.2, -0.15) is 5.10 Å². The molecular formula is C27H24N6O. The number of aromatic amines is 1.